The predicted molar refractivity (Wildman–Crippen MR) is 101 cm³/mol. The Morgan fingerprint density at radius 2 is 1.97 bits per heavy atom. The van der Waals surface area contributed by atoms with Crippen LogP contribution in [0, 0.1) is 0 Å². The molecule has 0 bridgehead atoms. The van der Waals surface area contributed by atoms with Crippen molar-refractivity contribution in [1.29, 1.82) is 0 Å². The number of para-hydroxylation sites is 2. The maximum atomic E-state index is 13.6. The van der Waals surface area contributed by atoms with Gasteiger partial charge < -0.3 is 10.1 Å². The quantitative estimate of drug-likeness (QED) is 0.709. The lowest BCUT2D eigenvalue weighted by Crippen LogP contribution is -2.43. The lowest BCUT2D eigenvalue weighted by molar-refractivity contribution is -0.137. The Kier molecular flexibility index (Phi) is 4.90. The molecule has 7 nitrogen and oxygen atoms in total. The van der Waals surface area contributed by atoms with Gasteiger partial charge in [-0.15, -0.1) is 0 Å². The normalized spacial score (nSPS) is 13.6. The number of halogens is 3. The fourth-order valence-electron chi connectivity index (χ4n) is 3.10. The molecule has 0 saturated heterocycles. The van der Waals surface area contributed by atoms with E-state index in [1.54, 1.807) is 30.3 Å². The fourth-order valence-corrected chi connectivity index (χ4v) is 3.10. The Morgan fingerprint density at radius 3 is 2.70 bits per heavy atom. The highest BCUT2D eigenvalue weighted by Crippen LogP contribution is 2.36. The minimum absolute atomic E-state index is 0.197. The number of carbonyl (C=O) groups excluding carboxylic acids is 2. The smallest absolute Gasteiger partial charge is 0.418 e. The highest BCUT2D eigenvalue weighted by Gasteiger charge is 2.35. The lowest BCUT2D eigenvalue weighted by Gasteiger charge is -2.28. The molecule has 0 radical (unpaired) electrons. The number of ether oxygens (including phenoxy) is 1. The third-order valence-corrected chi connectivity index (χ3v) is 4.46. The van der Waals surface area contributed by atoms with Crippen molar-refractivity contribution in [3.8, 4) is 11.4 Å². The van der Waals surface area contributed by atoms with E-state index in [4.69, 9.17) is 4.74 Å². The van der Waals surface area contributed by atoms with Crippen LogP contribution in [0.5, 0.6) is 5.75 Å². The largest absolute Gasteiger partial charge is 0.482 e. The first-order valence-corrected chi connectivity index (χ1v) is 8.86. The van der Waals surface area contributed by atoms with E-state index >= 15 is 0 Å². The van der Waals surface area contributed by atoms with Crippen molar-refractivity contribution >= 4 is 23.2 Å². The number of benzene rings is 2. The highest BCUT2D eigenvalue weighted by atomic mass is 19.4. The van der Waals surface area contributed by atoms with E-state index in [0.29, 0.717) is 11.4 Å². The second-order valence-corrected chi connectivity index (χ2v) is 6.46. The molecule has 154 valence electrons. The number of rotatable bonds is 4. The summed E-state index contributed by atoms with van der Waals surface area (Å²) in [5.41, 5.74) is -0.841. The summed E-state index contributed by atoms with van der Waals surface area (Å²) in [5, 5.41) is 6.18. The van der Waals surface area contributed by atoms with Gasteiger partial charge in [0.1, 0.15) is 12.3 Å². The standard InChI is InChI=1S/C20H15F3N4O3/c21-20(22,23)14-10-13(27-9-3-8-24-27)6-7-15(14)25-18(28)11-26-16-4-1-2-5-17(16)30-12-19(26)29/h1-10H,11-12H2,(H,25,28). The van der Waals surface area contributed by atoms with Crippen molar-refractivity contribution < 1.29 is 27.5 Å². The first kappa shape index (κ1) is 19.5. The average Bonchev–Trinajstić information content (AvgIpc) is 3.24. The summed E-state index contributed by atoms with van der Waals surface area (Å²) in [4.78, 5) is 25.9. The molecule has 0 fully saturated rings. The Morgan fingerprint density at radius 1 is 1.17 bits per heavy atom. The van der Waals surface area contributed by atoms with Gasteiger partial charge >= 0.3 is 6.18 Å². The highest BCUT2D eigenvalue weighted by molar-refractivity contribution is 6.05. The second-order valence-electron chi connectivity index (χ2n) is 6.46. The van der Waals surface area contributed by atoms with Gasteiger partial charge in [0.2, 0.25) is 5.91 Å². The van der Waals surface area contributed by atoms with Crippen LogP contribution in [0.15, 0.2) is 60.9 Å². The third-order valence-electron chi connectivity index (χ3n) is 4.46. The number of carbonyl (C=O) groups is 2. The van der Waals surface area contributed by atoms with Crippen molar-refractivity contribution in [2.45, 2.75) is 6.18 Å². The van der Waals surface area contributed by atoms with Crippen molar-refractivity contribution in [2.75, 3.05) is 23.4 Å². The minimum atomic E-state index is -4.70. The van der Waals surface area contributed by atoms with Gasteiger partial charge in [-0.25, -0.2) is 4.68 Å². The van der Waals surface area contributed by atoms with Crippen molar-refractivity contribution in [1.82, 2.24) is 9.78 Å². The van der Waals surface area contributed by atoms with Gasteiger partial charge in [-0.2, -0.15) is 18.3 Å². The van der Waals surface area contributed by atoms with Crippen LogP contribution in [0.3, 0.4) is 0 Å². The van der Waals surface area contributed by atoms with Gasteiger partial charge in [-0.05, 0) is 36.4 Å². The Hall–Kier alpha value is -3.82. The Labute approximate surface area is 168 Å². The molecule has 2 heterocycles. The van der Waals surface area contributed by atoms with E-state index in [0.717, 1.165) is 12.1 Å². The SMILES string of the molecule is O=C(CN1C(=O)COc2ccccc21)Nc1ccc(-n2cccn2)cc1C(F)(F)F. The maximum absolute atomic E-state index is 13.6. The number of hydrogen-bond acceptors (Lipinski definition) is 4. The molecule has 2 amide bonds. The van der Waals surface area contributed by atoms with Gasteiger partial charge in [-0.1, -0.05) is 12.1 Å². The third kappa shape index (κ3) is 3.84. The van der Waals surface area contributed by atoms with Crippen LogP contribution in [0.2, 0.25) is 0 Å². The molecule has 0 spiro atoms. The van der Waals surface area contributed by atoms with Crippen molar-refractivity contribution in [3.63, 3.8) is 0 Å². The first-order valence-electron chi connectivity index (χ1n) is 8.86. The molecule has 0 aliphatic carbocycles. The van der Waals surface area contributed by atoms with Gasteiger partial charge in [0.15, 0.2) is 6.61 Å². The topological polar surface area (TPSA) is 76.5 Å². The van der Waals surface area contributed by atoms with E-state index in [2.05, 4.69) is 10.4 Å². The van der Waals surface area contributed by atoms with Crippen molar-refractivity contribution in [3.05, 3.63) is 66.5 Å². The summed E-state index contributed by atoms with van der Waals surface area (Å²) in [6.45, 7) is -0.700. The Balaban J connectivity index is 1.58. The molecular formula is C20H15F3N4O3. The summed E-state index contributed by atoms with van der Waals surface area (Å²) in [6, 6.07) is 11.7. The van der Waals surface area contributed by atoms with E-state index in [1.165, 1.54) is 28.0 Å². The molecule has 3 aromatic rings. The zero-order valence-corrected chi connectivity index (χ0v) is 15.4. The molecule has 1 aliphatic heterocycles. The number of hydrogen-bond donors (Lipinski definition) is 1. The van der Waals surface area contributed by atoms with Gasteiger partial charge in [0, 0.05) is 12.4 Å². The molecule has 0 saturated carbocycles. The average molecular weight is 416 g/mol. The van der Waals surface area contributed by atoms with Crippen LogP contribution in [-0.2, 0) is 15.8 Å². The number of fused-ring (bicyclic) bond motifs is 1. The minimum Gasteiger partial charge on any atom is -0.482 e. The fraction of sp³-hybridized carbons (Fsp3) is 0.150. The summed E-state index contributed by atoms with van der Waals surface area (Å²) < 4.78 is 47.3. The molecule has 30 heavy (non-hydrogen) atoms. The number of nitrogens with one attached hydrogen (secondary N) is 1. The molecular weight excluding hydrogens is 401 g/mol. The first-order chi connectivity index (χ1) is 14.3. The molecule has 2 aromatic carbocycles. The number of aromatic nitrogens is 2. The molecule has 1 aromatic heterocycles. The van der Waals surface area contributed by atoms with Crippen LogP contribution in [0.4, 0.5) is 24.5 Å². The van der Waals surface area contributed by atoms with E-state index in [-0.39, 0.29) is 12.3 Å². The van der Waals surface area contributed by atoms with E-state index < -0.39 is 35.8 Å². The van der Waals surface area contributed by atoms with Gasteiger partial charge in [0.05, 0.1) is 22.6 Å². The van der Waals surface area contributed by atoms with Crippen LogP contribution in [0.1, 0.15) is 5.56 Å². The van der Waals surface area contributed by atoms with E-state index in [1.807, 2.05) is 0 Å². The molecule has 0 unspecified atom stereocenters. The molecule has 10 heteroatoms. The predicted octanol–water partition coefficient (Wildman–Crippen LogP) is 3.26. The number of amides is 2. The summed E-state index contributed by atoms with van der Waals surface area (Å²) >= 11 is 0. The van der Waals surface area contributed by atoms with Crippen LogP contribution < -0.4 is 15.0 Å². The Bertz CT molecular complexity index is 1100. The van der Waals surface area contributed by atoms with E-state index in [9.17, 15) is 22.8 Å². The summed E-state index contributed by atoms with van der Waals surface area (Å²) in [5.74, 6) is -0.809. The lowest BCUT2D eigenvalue weighted by atomic mass is 10.1. The number of anilines is 2. The number of nitrogens with zero attached hydrogens (tertiary/aromatic N) is 3. The molecule has 4 rings (SSSR count). The molecule has 1 N–H and O–H groups in total. The van der Waals surface area contributed by atoms with Crippen molar-refractivity contribution in [2.24, 2.45) is 0 Å². The second kappa shape index (κ2) is 7.54. The monoisotopic (exact) mass is 416 g/mol. The molecule has 0 atom stereocenters. The maximum Gasteiger partial charge on any atom is 0.418 e. The van der Waals surface area contributed by atoms with Gasteiger partial charge in [-0.3, -0.25) is 14.5 Å². The zero-order chi connectivity index (χ0) is 21.3. The van der Waals surface area contributed by atoms with Crippen LogP contribution >= 0.6 is 0 Å². The van der Waals surface area contributed by atoms with Crippen LogP contribution in [0.25, 0.3) is 5.69 Å². The van der Waals surface area contributed by atoms with Gasteiger partial charge in [0.25, 0.3) is 5.91 Å². The summed E-state index contributed by atoms with van der Waals surface area (Å²) in [7, 11) is 0. The van der Waals surface area contributed by atoms with Crippen LogP contribution in [-0.4, -0.2) is 34.7 Å². The molecule has 1 aliphatic rings. The number of alkyl halides is 3. The summed E-state index contributed by atoms with van der Waals surface area (Å²) in [6.07, 6.45) is -1.75. The zero-order valence-electron chi connectivity index (χ0n) is 15.4.